The van der Waals surface area contributed by atoms with Crippen molar-refractivity contribution in [3.05, 3.63) is 41.1 Å². The lowest BCUT2D eigenvalue weighted by molar-refractivity contribution is -0.115. The molecule has 0 spiro atoms. The zero-order chi connectivity index (χ0) is 22.2. The summed E-state index contributed by atoms with van der Waals surface area (Å²) in [5.74, 6) is 1.04. The maximum atomic E-state index is 13.1. The maximum absolute atomic E-state index is 13.1. The average molecular weight is 440 g/mol. The van der Waals surface area contributed by atoms with E-state index in [9.17, 15) is 10.1 Å². The fourth-order valence-corrected chi connectivity index (χ4v) is 4.72. The van der Waals surface area contributed by atoms with Crippen molar-refractivity contribution in [2.24, 2.45) is 0 Å². The predicted molar refractivity (Wildman–Crippen MR) is 123 cm³/mol. The Kier molecular flexibility index (Phi) is 8.19. The van der Waals surface area contributed by atoms with Gasteiger partial charge in [-0.25, -0.2) is 4.98 Å². The smallest absolute Gasteiger partial charge is 0.238 e. The first-order chi connectivity index (χ1) is 15.1. The van der Waals surface area contributed by atoms with E-state index >= 15 is 0 Å². The third-order valence-electron chi connectivity index (χ3n) is 5.47. The molecule has 0 fully saturated rings. The number of nitrogens with one attached hydrogen (secondary N) is 1. The second kappa shape index (κ2) is 11.1. The number of rotatable bonds is 7. The second-order valence-electron chi connectivity index (χ2n) is 7.54. The molecule has 1 aliphatic carbocycles. The first-order valence-electron chi connectivity index (χ1n) is 10.7. The van der Waals surface area contributed by atoms with E-state index < -0.39 is 0 Å². The Hall–Kier alpha value is -2.72. The SMILES string of the molecule is CCC(Sc1nc2c(cc1C#N)CCCCCC2)C(=O)Nc1cc(OC)ccc1OC. The number of nitrogens with zero attached hydrogens (tertiary/aromatic N) is 2. The van der Waals surface area contributed by atoms with Crippen molar-refractivity contribution in [3.63, 3.8) is 0 Å². The molecule has 1 aromatic carbocycles. The number of carbonyl (C=O) groups is 1. The number of ether oxygens (including phenoxy) is 2. The predicted octanol–water partition coefficient (Wildman–Crippen LogP) is 5.14. The Labute approximate surface area is 188 Å². The van der Waals surface area contributed by atoms with Gasteiger partial charge in [-0.3, -0.25) is 4.79 Å². The maximum Gasteiger partial charge on any atom is 0.238 e. The van der Waals surface area contributed by atoms with Crippen molar-refractivity contribution in [1.29, 1.82) is 5.26 Å². The molecule has 1 aromatic heterocycles. The minimum absolute atomic E-state index is 0.156. The van der Waals surface area contributed by atoms with Gasteiger partial charge in [-0.05, 0) is 55.9 Å². The van der Waals surface area contributed by atoms with Crippen LogP contribution in [0.2, 0.25) is 0 Å². The first kappa shape index (κ1) is 23.0. The van der Waals surface area contributed by atoms with Crippen LogP contribution in [-0.4, -0.2) is 30.4 Å². The molecule has 164 valence electrons. The van der Waals surface area contributed by atoms with Crippen LogP contribution in [0.5, 0.6) is 11.5 Å². The number of methoxy groups -OCH3 is 2. The van der Waals surface area contributed by atoms with Crippen LogP contribution in [0, 0.1) is 11.3 Å². The normalized spacial score (nSPS) is 14.4. The van der Waals surface area contributed by atoms with Crippen molar-refractivity contribution in [2.75, 3.05) is 19.5 Å². The van der Waals surface area contributed by atoms with E-state index in [1.165, 1.54) is 30.2 Å². The highest BCUT2D eigenvalue weighted by Gasteiger charge is 2.23. The third kappa shape index (κ3) is 5.71. The summed E-state index contributed by atoms with van der Waals surface area (Å²) in [5.41, 5.74) is 3.36. The van der Waals surface area contributed by atoms with Gasteiger partial charge in [-0.15, -0.1) is 0 Å². The number of nitriles is 1. The molecule has 0 saturated heterocycles. The number of anilines is 1. The highest BCUT2D eigenvalue weighted by Crippen LogP contribution is 2.33. The standard InChI is InChI=1S/C24H29N3O3S/c1-4-22(23(28)26-20-14-18(29-2)11-12-21(20)30-3)31-24-17(15-25)13-16-9-7-5-6-8-10-19(16)27-24/h11-14,22H,4-10H2,1-3H3,(H,26,28). The van der Waals surface area contributed by atoms with E-state index in [1.54, 1.807) is 32.4 Å². The molecule has 1 heterocycles. The Morgan fingerprint density at radius 3 is 2.65 bits per heavy atom. The van der Waals surface area contributed by atoms with E-state index in [1.807, 2.05) is 13.0 Å². The third-order valence-corrected chi connectivity index (χ3v) is 6.83. The van der Waals surface area contributed by atoms with Gasteiger partial charge in [0.2, 0.25) is 5.91 Å². The number of thioether (sulfide) groups is 1. The minimum Gasteiger partial charge on any atom is -0.497 e. The number of hydrogen-bond acceptors (Lipinski definition) is 6. The molecule has 1 N–H and O–H groups in total. The van der Waals surface area contributed by atoms with Gasteiger partial charge >= 0.3 is 0 Å². The van der Waals surface area contributed by atoms with Crippen molar-refractivity contribution in [2.45, 2.75) is 62.1 Å². The van der Waals surface area contributed by atoms with Gasteiger partial charge in [-0.2, -0.15) is 5.26 Å². The molecule has 1 amide bonds. The van der Waals surface area contributed by atoms with Gasteiger partial charge in [0.1, 0.15) is 22.6 Å². The van der Waals surface area contributed by atoms with Crippen molar-refractivity contribution in [1.82, 2.24) is 4.98 Å². The van der Waals surface area contributed by atoms with Gasteiger partial charge in [-0.1, -0.05) is 31.5 Å². The van der Waals surface area contributed by atoms with E-state index in [2.05, 4.69) is 11.4 Å². The Balaban J connectivity index is 1.83. The van der Waals surface area contributed by atoms with E-state index in [0.717, 1.165) is 31.4 Å². The molecule has 0 bridgehead atoms. The van der Waals surface area contributed by atoms with Gasteiger partial charge in [0.15, 0.2) is 0 Å². The average Bonchev–Trinajstić information content (AvgIpc) is 2.77. The van der Waals surface area contributed by atoms with Crippen LogP contribution in [0.25, 0.3) is 0 Å². The molecule has 1 aliphatic rings. The van der Waals surface area contributed by atoms with E-state index in [4.69, 9.17) is 14.5 Å². The number of aromatic nitrogens is 1. The molecule has 0 saturated carbocycles. The number of benzene rings is 1. The molecule has 1 atom stereocenters. The quantitative estimate of drug-likeness (QED) is 0.602. The molecule has 6 nitrogen and oxygen atoms in total. The number of hydrogen-bond donors (Lipinski definition) is 1. The molecule has 3 rings (SSSR count). The summed E-state index contributed by atoms with van der Waals surface area (Å²) in [7, 11) is 3.14. The monoisotopic (exact) mass is 439 g/mol. The molecule has 31 heavy (non-hydrogen) atoms. The summed E-state index contributed by atoms with van der Waals surface area (Å²) < 4.78 is 10.6. The molecule has 2 aromatic rings. The summed E-state index contributed by atoms with van der Waals surface area (Å²) in [6.07, 6.45) is 7.19. The van der Waals surface area contributed by atoms with E-state index in [-0.39, 0.29) is 11.2 Å². The molecule has 1 unspecified atom stereocenters. The van der Waals surface area contributed by atoms with Crippen LogP contribution in [0.15, 0.2) is 29.3 Å². The van der Waals surface area contributed by atoms with Crippen molar-refractivity contribution >= 4 is 23.4 Å². The van der Waals surface area contributed by atoms with Gasteiger partial charge in [0.05, 0.1) is 30.7 Å². The Morgan fingerprint density at radius 2 is 1.97 bits per heavy atom. The topological polar surface area (TPSA) is 84.2 Å². The summed E-state index contributed by atoms with van der Waals surface area (Å²) >= 11 is 1.36. The number of pyridine rings is 1. The summed E-state index contributed by atoms with van der Waals surface area (Å²) in [6, 6.07) is 9.53. The summed E-state index contributed by atoms with van der Waals surface area (Å²) in [4.78, 5) is 17.9. The van der Waals surface area contributed by atoms with Crippen molar-refractivity contribution in [3.8, 4) is 17.6 Å². The van der Waals surface area contributed by atoms with Crippen LogP contribution in [-0.2, 0) is 17.6 Å². The lowest BCUT2D eigenvalue weighted by Gasteiger charge is -2.19. The lowest BCUT2D eigenvalue weighted by atomic mass is 9.96. The number of fused-ring (bicyclic) bond motifs is 1. The zero-order valence-electron chi connectivity index (χ0n) is 18.4. The fourth-order valence-electron chi connectivity index (χ4n) is 3.72. The first-order valence-corrected chi connectivity index (χ1v) is 11.6. The largest absolute Gasteiger partial charge is 0.497 e. The molecular weight excluding hydrogens is 410 g/mol. The number of amides is 1. The van der Waals surface area contributed by atoms with E-state index in [0.29, 0.717) is 34.2 Å². The Bertz CT molecular complexity index is 971. The van der Waals surface area contributed by atoms with Gasteiger partial charge in [0, 0.05) is 11.8 Å². The number of carbonyl (C=O) groups excluding carboxylic acids is 1. The minimum atomic E-state index is -0.387. The number of aryl methyl sites for hydroxylation is 2. The summed E-state index contributed by atoms with van der Waals surface area (Å²) in [6.45, 7) is 1.96. The van der Waals surface area contributed by atoms with Crippen LogP contribution < -0.4 is 14.8 Å². The van der Waals surface area contributed by atoms with Crippen molar-refractivity contribution < 1.29 is 14.3 Å². The van der Waals surface area contributed by atoms with Gasteiger partial charge in [0.25, 0.3) is 0 Å². The molecular formula is C24H29N3O3S. The highest BCUT2D eigenvalue weighted by atomic mass is 32.2. The summed E-state index contributed by atoms with van der Waals surface area (Å²) in [5, 5.41) is 12.9. The second-order valence-corrected chi connectivity index (χ2v) is 8.73. The van der Waals surface area contributed by atoms with Crippen LogP contribution in [0.4, 0.5) is 5.69 Å². The molecule has 0 radical (unpaired) electrons. The molecule has 7 heteroatoms. The van der Waals surface area contributed by atoms with Crippen LogP contribution in [0.3, 0.4) is 0 Å². The van der Waals surface area contributed by atoms with Crippen LogP contribution in [0.1, 0.15) is 55.8 Å². The lowest BCUT2D eigenvalue weighted by Crippen LogP contribution is -2.25. The van der Waals surface area contributed by atoms with Crippen LogP contribution >= 0.6 is 11.8 Å². The zero-order valence-corrected chi connectivity index (χ0v) is 19.2. The Morgan fingerprint density at radius 1 is 1.19 bits per heavy atom. The molecule has 0 aliphatic heterocycles. The van der Waals surface area contributed by atoms with Gasteiger partial charge < -0.3 is 14.8 Å². The fraction of sp³-hybridized carbons (Fsp3) is 0.458. The highest BCUT2D eigenvalue weighted by molar-refractivity contribution is 8.00.